The van der Waals surface area contributed by atoms with Gasteiger partial charge in [0.05, 0.1) is 19.8 Å². The number of hydrogen-bond donors (Lipinski definition) is 2. The molecule has 0 saturated heterocycles. The molecule has 1 heterocycles. The van der Waals surface area contributed by atoms with Crippen LogP contribution in [0.5, 0.6) is 11.5 Å². The average Bonchev–Trinajstić information content (AvgIpc) is 3.01. The number of nitrogens with one attached hydrogen (secondary N) is 2. The summed E-state index contributed by atoms with van der Waals surface area (Å²) in [5.74, 6) is 0.531. The quantitative estimate of drug-likeness (QED) is 0.296. The molecule has 7 nitrogen and oxygen atoms in total. The van der Waals surface area contributed by atoms with Crippen LogP contribution in [0.2, 0.25) is 0 Å². The molecule has 7 heteroatoms. The van der Waals surface area contributed by atoms with E-state index < -0.39 is 0 Å². The van der Waals surface area contributed by atoms with Gasteiger partial charge in [0.1, 0.15) is 11.5 Å². The summed E-state index contributed by atoms with van der Waals surface area (Å²) in [6, 6.07) is 29.0. The summed E-state index contributed by atoms with van der Waals surface area (Å²) in [5.41, 5.74) is 6.04. The van der Waals surface area contributed by atoms with Gasteiger partial charge in [-0.05, 0) is 59.9 Å². The molecule has 204 valence electrons. The number of methoxy groups -OCH3 is 2. The van der Waals surface area contributed by atoms with Crippen molar-refractivity contribution in [3.8, 4) is 11.5 Å². The Morgan fingerprint density at radius 2 is 1.50 bits per heavy atom. The number of carbonyl (C=O) groups excluding carboxylic acids is 2. The Morgan fingerprint density at radius 1 is 0.800 bits per heavy atom. The van der Waals surface area contributed by atoms with E-state index in [0.717, 1.165) is 37.2 Å². The van der Waals surface area contributed by atoms with Crippen molar-refractivity contribution in [3.05, 3.63) is 119 Å². The van der Waals surface area contributed by atoms with E-state index in [-0.39, 0.29) is 11.8 Å². The molecule has 1 aliphatic heterocycles. The maximum absolute atomic E-state index is 13.5. The minimum absolute atomic E-state index is 0.177. The van der Waals surface area contributed by atoms with Gasteiger partial charge in [0.25, 0.3) is 11.8 Å². The summed E-state index contributed by atoms with van der Waals surface area (Å²) in [6.45, 7) is 2.03. The fraction of sp³-hybridized carbons (Fsp3) is 0.212. The van der Waals surface area contributed by atoms with E-state index in [0.29, 0.717) is 34.9 Å². The molecule has 0 radical (unpaired) electrons. The zero-order chi connectivity index (χ0) is 27.9. The average molecular weight is 536 g/mol. The zero-order valence-corrected chi connectivity index (χ0v) is 22.8. The lowest BCUT2D eigenvalue weighted by molar-refractivity contribution is 0.0953. The van der Waals surface area contributed by atoms with Crippen LogP contribution in [0, 0.1) is 0 Å². The van der Waals surface area contributed by atoms with Crippen LogP contribution in [-0.2, 0) is 19.4 Å². The lowest BCUT2D eigenvalue weighted by Crippen LogP contribution is -2.33. The SMILES string of the molecule is COc1cc(OC)cc(C(=O)Nc2ccc(N3CCc4ccccc4C3)c(C(=O)NCCc3ccccc3)c2)c1. The zero-order valence-electron chi connectivity index (χ0n) is 22.8. The lowest BCUT2D eigenvalue weighted by Gasteiger charge is -2.32. The van der Waals surface area contributed by atoms with Gasteiger partial charge in [-0.15, -0.1) is 0 Å². The molecule has 0 aliphatic carbocycles. The molecule has 5 rings (SSSR count). The lowest BCUT2D eigenvalue weighted by atomic mass is 9.98. The Hall–Kier alpha value is -4.78. The maximum Gasteiger partial charge on any atom is 0.255 e. The summed E-state index contributed by atoms with van der Waals surface area (Å²) in [6.07, 6.45) is 1.63. The molecular formula is C33H33N3O4. The van der Waals surface area contributed by atoms with Crippen molar-refractivity contribution in [1.29, 1.82) is 0 Å². The van der Waals surface area contributed by atoms with E-state index in [1.165, 1.54) is 25.3 Å². The van der Waals surface area contributed by atoms with Gasteiger partial charge in [-0.25, -0.2) is 0 Å². The third kappa shape index (κ3) is 6.26. The Balaban J connectivity index is 1.40. The molecule has 40 heavy (non-hydrogen) atoms. The highest BCUT2D eigenvalue weighted by Crippen LogP contribution is 2.30. The second kappa shape index (κ2) is 12.4. The highest BCUT2D eigenvalue weighted by molar-refractivity contribution is 6.06. The van der Waals surface area contributed by atoms with Crippen molar-refractivity contribution >= 4 is 23.2 Å². The maximum atomic E-state index is 13.5. The van der Waals surface area contributed by atoms with Crippen molar-refractivity contribution < 1.29 is 19.1 Å². The van der Waals surface area contributed by atoms with Crippen LogP contribution in [-0.4, -0.2) is 39.1 Å². The van der Waals surface area contributed by atoms with Gasteiger partial charge in [0, 0.05) is 42.6 Å². The Bertz CT molecular complexity index is 1480. The van der Waals surface area contributed by atoms with Gasteiger partial charge < -0.3 is 25.0 Å². The van der Waals surface area contributed by atoms with Crippen LogP contribution in [0.25, 0.3) is 0 Å². The van der Waals surface area contributed by atoms with E-state index in [1.54, 1.807) is 24.3 Å². The van der Waals surface area contributed by atoms with Gasteiger partial charge in [0.15, 0.2) is 0 Å². The number of hydrogen-bond acceptors (Lipinski definition) is 5. The van der Waals surface area contributed by atoms with Crippen molar-refractivity contribution in [1.82, 2.24) is 5.32 Å². The molecule has 2 amide bonds. The minimum Gasteiger partial charge on any atom is -0.497 e. The summed E-state index contributed by atoms with van der Waals surface area (Å²) in [7, 11) is 3.08. The normalized spacial score (nSPS) is 12.3. The van der Waals surface area contributed by atoms with Gasteiger partial charge >= 0.3 is 0 Å². The number of rotatable bonds is 9. The molecular weight excluding hydrogens is 502 g/mol. The number of amides is 2. The van der Waals surface area contributed by atoms with Gasteiger partial charge in [-0.2, -0.15) is 0 Å². The van der Waals surface area contributed by atoms with Crippen molar-refractivity contribution in [2.75, 3.05) is 37.5 Å². The third-order valence-electron chi connectivity index (χ3n) is 7.13. The standard InChI is InChI=1S/C33H33N3O4/c1-39-28-18-26(19-29(21-28)40-2)32(37)35-27-12-13-31(36-17-15-24-10-6-7-11-25(24)22-36)30(20-27)33(38)34-16-14-23-8-4-3-5-9-23/h3-13,18-21H,14-17,22H2,1-2H3,(H,34,38)(H,35,37). The van der Waals surface area contributed by atoms with Crippen LogP contribution < -0.4 is 25.0 Å². The van der Waals surface area contributed by atoms with E-state index in [4.69, 9.17) is 9.47 Å². The molecule has 0 saturated carbocycles. The monoisotopic (exact) mass is 535 g/mol. The van der Waals surface area contributed by atoms with Crippen LogP contribution in [0.15, 0.2) is 91.0 Å². The highest BCUT2D eigenvalue weighted by atomic mass is 16.5. The fourth-order valence-corrected chi connectivity index (χ4v) is 4.97. The molecule has 0 bridgehead atoms. The topological polar surface area (TPSA) is 79.9 Å². The number of benzene rings is 4. The molecule has 1 aliphatic rings. The number of ether oxygens (including phenoxy) is 2. The van der Waals surface area contributed by atoms with Crippen molar-refractivity contribution in [2.45, 2.75) is 19.4 Å². The summed E-state index contributed by atoms with van der Waals surface area (Å²) in [4.78, 5) is 28.9. The van der Waals surface area contributed by atoms with Gasteiger partial charge in [-0.3, -0.25) is 9.59 Å². The van der Waals surface area contributed by atoms with Crippen molar-refractivity contribution in [3.63, 3.8) is 0 Å². The predicted octanol–water partition coefficient (Wildman–Crippen LogP) is 5.49. The number of anilines is 2. The molecule has 0 fully saturated rings. The first-order valence-electron chi connectivity index (χ1n) is 13.4. The Kier molecular flexibility index (Phi) is 8.30. The number of nitrogens with zero attached hydrogens (tertiary/aromatic N) is 1. The van der Waals surface area contributed by atoms with Crippen LogP contribution in [0.1, 0.15) is 37.4 Å². The Labute approximate surface area is 234 Å². The number of carbonyl (C=O) groups is 2. The molecule has 0 atom stereocenters. The summed E-state index contributed by atoms with van der Waals surface area (Å²) in [5, 5.41) is 6.01. The predicted molar refractivity (Wildman–Crippen MR) is 158 cm³/mol. The third-order valence-corrected chi connectivity index (χ3v) is 7.13. The molecule has 0 spiro atoms. The highest BCUT2D eigenvalue weighted by Gasteiger charge is 2.22. The molecule has 0 aromatic heterocycles. The number of fused-ring (bicyclic) bond motifs is 1. The first kappa shape index (κ1) is 26.8. The first-order chi connectivity index (χ1) is 19.5. The molecule has 2 N–H and O–H groups in total. The van der Waals surface area contributed by atoms with Crippen molar-refractivity contribution in [2.24, 2.45) is 0 Å². The van der Waals surface area contributed by atoms with E-state index in [2.05, 4.69) is 33.7 Å². The van der Waals surface area contributed by atoms with E-state index in [1.807, 2.05) is 48.5 Å². The van der Waals surface area contributed by atoms with Crippen LogP contribution >= 0.6 is 0 Å². The van der Waals surface area contributed by atoms with E-state index >= 15 is 0 Å². The van der Waals surface area contributed by atoms with E-state index in [9.17, 15) is 9.59 Å². The molecule has 0 unspecified atom stereocenters. The van der Waals surface area contributed by atoms with Gasteiger partial charge in [-0.1, -0.05) is 54.6 Å². The first-order valence-corrected chi connectivity index (χ1v) is 13.4. The molecule has 4 aromatic rings. The second-order valence-electron chi connectivity index (χ2n) is 9.72. The van der Waals surface area contributed by atoms with Gasteiger partial charge in [0.2, 0.25) is 0 Å². The fourth-order valence-electron chi connectivity index (χ4n) is 4.97. The minimum atomic E-state index is -0.327. The Morgan fingerprint density at radius 3 is 2.23 bits per heavy atom. The second-order valence-corrected chi connectivity index (χ2v) is 9.72. The van der Waals surface area contributed by atoms with Crippen LogP contribution in [0.4, 0.5) is 11.4 Å². The smallest absolute Gasteiger partial charge is 0.255 e. The molecule has 4 aromatic carbocycles. The van der Waals surface area contributed by atoms with Crippen LogP contribution in [0.3, 0.4) is 0 Å². The summed E-state index contributed by atoms with van der Waals surface area (Å²) >= 11 is 0. The largest absolute Gasteiger partial charge is 0.497 e. The summed E-state index contributed by atoms with van der Waals surface area (Å²) < 4.78 is 10.6.